The van der Waals surface area contributed by atoms with Gasteiger partial charge in [0.15, 0.2) is 0 Å². The highest BCUT2D eigenvalue weighted by Gasteiger charge is 2.26. The quantitative estimate of drug-likeness (QED) is 0.739. The Morgan fingerprint density at radius 3 is 2.20 bits per heavy atom. The summed E-state index contributed by atoms with van der Waals surface area (Å²) in [6, 6.07) is 5.26. The average molecular weight is 203 g/mol. The first-order valence-corrected chi connectivity index (χ1v) is 5.90. The third kappa shape index (κ3) is 1.93. The van der Waals surface area contributed by atoms with Gasteiger partial charge >= 0.3 is 0 Å². The lowest BCUT2D eigenvalue weighted by atomic mass is 9.85. The predicted molar refractivity (Wildman–Crippen MR) is 65.5 cm³/mol. The van der Waals surface area contributed by atoms with Gasteiger partial charge in [-0.1, -0.05) is 17.7 Å². The van der Waals surface area contributed by atoms with E-state index in [1.165, 1.54) is 29.7 Å². The maximum Gasteiger partial charge on any atom is 0.0108 e. The Morgan fingerprint density at radius 1 is 1.13 bits per heavy atom. The summed E-state index contributed by atoms with van der Waals surface area (Å²) in [6.07, 6.45) is 1.28. The molecule has 0 amide bonds. The molecule has 2 unspecified atom stereocenters. The molecule has 0 aliphatic carbocycles. The highest BCUT2D eigenvalue weighted by atomic mass is 14.9. The van der Waals surface area contributed by atoms with Gasteiger partial charge in [-0.25, -0.2) is 0 Å². The molecule has 1 aliphatic rings. The minimum Gasteiger partial charge on any atom is -0.314 e. The Bertz CT molecular complexity index is 345. The number of rotatable bonds is 1. The van der Waals surface area contributed by atoms with Crippen molar-refractivity contribution in [3.8, 4) is 0 Å². The summed E-state index contributed by atoms with van der Waals surface area (Å²) in [5, 5.41) is 3.54. The van der Waals surface area contributed by atoms with Crippen molar-refractivity contribution < 1.29 is 0 Å². The van der Waals surface area contributed by atoms with E-state index >= 15 is 0 Å². The molecule has 0 radical (unpaired) electrons. The lowest BCUT2D eigenvalue weighted by Crippen LogP contribution is -2.22. The van der Waals surface area contributed by atoms with Crippen molar-refractivity contribution in [2.75, 3.05) is 6.54 Å². The average Bonchev–Trinajstić information content (AvgIpc) is 2.50. The van der Waals surface area contributed by atoms with Crippen LogP contribution >= 0.6 is 0 Å². The molecule has 1 saturated heterocycles. The largest absolute Gasteiger partial charge is 0.314 e. The molecule has 1 nitrogen and oxygen atoms in total. The number of nitrogens with one attached hydrogen (secondary N) is 1. The fraction of sp³-hybridized carbons (Fsp3) is 0.571. The van der Waals surface area contributed by atoms with E-state index in [1.807, 2.05) is 0 Å². The summed E-state index contributed by atoms with van der Waals surface area (Å²) in [5.41, 5.74) is 5.89. The first-order valence-electron chi connectivity index (χ1n) is 5.90. The van der Waals surface area contributed by atoms with Crippen LogP contribution in [-0.2, 0) is 0 Å². The Balaban J connectivity index is 2.43. The van der Waals surface area contributed by atoms with Crippen molar-refractivity contribution >= 4 is 0 Å². The number of hydrogen-bond donors (Lipinski definition) is 1. The first-order chi connectivity index (χ1) is 7.09. The van der Waals surface area contributed by atoms with Gasteiger partial charge in [-0.3, -0.25) is 0 Å². The van der Waals surface area contributed by atoms with Gasteiger partial charge in [0.2, 0.25) is 0 Å². The molecule has 1 aromatic carbocycles. The topological polar surface area (TPSA) is 12.0 Å². The third-order valence-corrected chi connectivity index (χ3v) is 3.63. The van der Waals surface area contributed by atoms with Crippen LogP contribution in [0.25, 0.3) is 0 Å². The van der Waals surface area contributed by atoms with E-state index in [1.54, 1.807) is 5.56 Å². The molecule has 0 spiro atoms. The molecule has 1 heterocycles. The van der Waals surface area contributed by atoms with E-state index in [0.717, 1.165) is 0 Å². The second-order valence-corrected chi connectivity index (χ2v) is 4.95. The molecule has 1 aliphatic heterocycles. The molecule has 0 saturated carbocycles. The molecule has 82 valence electrons. The van der Waals surface area contributed by atoms with Crippen LogP contribution in [0.2, 0.25) is 0 Å². The van der Waals surface area contributed by atoms with Crippen LogP contribution in [-0.4, -0.2) is 12.6 Å². The maximum absolute atomic E-state index is 3.54. The highest BCUT2D eigenvalue weighted by Crippen LogP contribution is 2.32. The zero-order chi connectivity index (χ0) is 11.0. The van der Waals surface area contributed by atoms with Crippen LogP contribution in [0.15, 0.2) is 12.1 Å². The zero-order valence-electron chi connectivity index (χ0n) is 10.2. The monoisotopic (exact) mass is 203 g/mol. The predicted octanol–water partition coefficient (Wildman–Crippen LogP) is 3.08. The second kappa shape index (κ2) is 3.97. The smallest absolute Gasteiger partial charge is 0.0108 e. The van der Waals surface area contributed by atoms with E-state index in [9.17, 15) is 0 Å². The van der Waals surface area contributed by atoms with Crippen LogP contribution in [0, 0.1) is 20.8 Å². The third-order valence-electron chi connectivity index (χ3n) is 3.63. The van der Waals surface area contributed by atoms with Crippen molar-refractivity contribution in [3.05, 3.63) is 34.4 Å². The van der Waals surface area contributed by atoms with Gasteiger partial charge in [-0.05, 0) is 57.4 Å². The van der Waals surface area contributed by atoms with Gasteiger partial charge in [0.1, 0.15) is 0 Å². The highest BCUT2D eigenvalue weighted by molar-refractivity contribution is 5.41. The van der Waals surface area contributed by atoms with Gasteiger partial charge in [-0.15, -0.1) is 0 Å². The molecule has 1 heteroatoms. The van der Waals surface area contributed by atoms with Gasteiger partial charge in [0, 0.05) is 12.0 Å². The number of aryl methyl sites for hydroxylation is 3. The fourth-order valence-corrected chi connectivity index (χ4v) is 3.03. The summed E-state index contributed by atoms with van der Waals surface area (Å²) in [5.74, 6) is 0.714. The van der Waals surface area contributed by atoms with E-state index < -0.39 is 0 Å². The minimum atomic E-state index is 0.630. The van der Waals surface area contributed by atoms with Gasteiger partial charge < -0.3 is 5.32 Å². The molecule has 2 atom stereocenters. The Labute approximate surface area is 92.9 Å². The molecule has 0 aromatic heterocycles. The Hall–Kier alpha value is -0.820. The van der Waals surface area contributed by atoms with Crippen LogP contribution in [0.1, 0.15) is 41.5 Å². The van der Waals surface area contributed by atoms with E-state index in [-0.39, 0.29) is 0 Å². The van der Waals surface area contributed by atoms with Crippen LogP contribution in [0.3, 0.4) is 0 Å². The maximum atomic E-state index is 3.54. The lowest BCUT2D eigenvalue weighted by molar-refractivity contribution is 0.589. The van der Waals surface area contributed by atoms with Crippen LogP contribution in [0.5, 0.6) is 0 Å². The van der Waals surface area contributed by atoms with Crippen molar-refractivity contribution in [1.29, 1.82) is 0 Å². The number of hydrogen-bond acceptors (Lipinski definition) is 1. The molecular formula is C14H21N. The van der Waals surface area contributed by atoms with Crippen LogP contribution < -0.4 is 5.32 Å². The zero-order valence-corrected chi connectivity index (χ0v) is 10.2. The van der Waals surface area contributed by atoms with E-state index in [2.05, 4.69) is 45.1 Å². The summed E-state index contributed by atoms with van der Waals surface area (Å²) < 4.78 is 0. The fourth-order valence-electron chi connectivity index (χ4n) is 3.03. The molecule has 1 N–H and O–H groups in total. The lowest BCUT2D eigenvalue weighted by Gasteiger charge is -2.21. The second-order valence-electron chi connectivity index (χ2n) is 4.95. The van der Waals surface area contributed by atoms with Crippen molar-refractivity contribution in [1.82, 2.24) is 5.32 Å². The van der Waals surface area contributed by atoms with Crippen molar-refractivity contribution in [2.24, 2.45) is 0 Å². The molecule has 1 aromatic rings. The summed E-state index contributed by atoms with van der Waals surface area (Å²) >= 11 is 0. The molecule has 2 rings (SSSR count). The SMILES string of the molecule is Cc1cc(C)c(C2CCNC2C)c(C)c1. The van der Waals surface area contributed by atoms with E-state index in [4.69, 9.17) is 0 Å². The van der Waals surface area contributed by atoms with Crippen LogP contribution in [0.4, 0.5) is 0 Å². The Kier molecular flexibility index (Phi) is 2.83. The summed E-state index contributed by atoms with van der Waals surface area (Å²) in [7, 11) is 0. The first kappa shape index (κ1) is 10.7. The number of benzene rings is 1. The molecular weight excluding hydrogens is 182 g/mol. The molecule has 15 heavy (non-hydrogen) atoms. The summed E-state index contributed by atoms with van der Waals surface area (Å²) in [6.45, 7) is 10.1. The van der Waals surface area contributed by atoms with E-state index in [0.29, 0.717) is 12.0 Å². The van der Waals surface area contributed by atoms with Gasteiger partial charge in [0.05, 0.1) is 0 Å². The normalized spacial score (nSPS) is 25.9. The van der Waals surface area contributed by atoms with Crippen molar-refractivity contribution in [3.63, 3.8) is 0 Å². The summed E-state index contributed by atoms with van der Waals surface area (Å²) in [4.78, 5) is 0. The molecule has 1 fully saturated rings. The van der Waals surface area contributed by atoms with Gasteiger partial charge in [0.25, 0.3) is 0 Å². The standard InChI is InChI=1S/C14H21N/c1-9-7-10(2)14(11(3)8-9)13-5-6-15-12(13)4/h7-8,12-13,15H,5-6H2,1-4H3. The minimum absolute atomic E-state index is 0.630. The van der Waals surface area contributed by atoms with Gasteiger partial charge in [-0.2, -0.15) is 0 Å². The Morgan fingerprint density at radius 2 is 1.73 bits per heavy atom. The van der Waals surface area contributed by atoms with Crippen molar-refractivity contribution in [2.45, 2.75) is 46.1 Å². The molecule has 0 bridgehead atoms.